The molecule has 2 nitrogen and oxygen atoms in total. The molecule has 0 radical (unpaired) electrons. The fraction of sp³-hybridized carbons (Fsp3) is 0.214. The third-order valence-electron chi connectivity index (χ3n) is 2.59. The van der Waals surface area contributed by atoms with Crippen molar-refractivity contribution in [3.8, 4) is 5.75 Å². The number of pyridine rings is 1. The molecule has 1 aromatic heterocycles. The Bertz CT molecular complexity index is 543. The molecule has 1 heterocycles. The maximum Gasteiger partial charge on any atom is 0.573 e. The lowest BCUT2D eigenvalue weighted by Crippen LogP contribution is -2.17. The summed E-state index contributed by atoms with van der Waals surface area (Å²) in [6, 6.07) is 11.0. The standard InChI is InChI=1S/C14H11ClF3NO/c15-13(9-11-3-1-2-8-19-11)10-4-6-12(7-5-10)20-14(16,17)18/h1-8,13H,9H2. The van der Waals surface area contributed by atoms with Crippen LogP contribution in [-0.2, 0) is 6.42 Å². The Hall–Kier alpha value is -1.75. The Balaban J connectivity index is 2.02. The number of ether oxygens (including phenoxy) is 1. The molecule has 0 bridgehead atoms. The minimum Gasteiger partial charge on any atom is -0.406 e. The van der Waals surface area contributed by atoms with Gasteiger partial charge in [-0.1, -0.05) is 18.2 Å². The number of aromatic nitrogens is 1. The lowest BCUT2D eigenvalue weighted by atomic mass is 10.1. The van der Waals surface area contributed by atoms with E-state index in [-0.39, 0.29) is 11.1 Å². The number of nitrogens with zero attached hydrogens (tertiary/aromatic N) is 1. The van der Waals surface area contributed by atoms with E-state index in [4.69, 9.17) is 11.6 Å². The predicted octanol–water partition coefficient (Wildman–Crippen LogP) is 4.50. The first-order valence-corrected chi connectivity index (χ1v) is 6.27. The van der Waals surface area contributed by atoms with Crippen molar-refractivity contribution in [3.05, 3.63) is 59.9 Å². The fourth-order valence-corrected chi connectivity index (χ4v) is 2.00. The van der Waals surface area contributed by atoms with Gasteiger partial charge in [-0.15, -0.1) is 24.8 Å². The number of hydrogen-bond donors (Lipinski definition) is 0. The summed E-state index contributed by atoms with van der Waals surface area (Å²) in [6.07, 6.45) is -2.52. The van der Waals surface area contributed by atoms with Gasteiger partial charge in [0.1, 0.15) is 5.75 Å². The van der Waals surface area contributed by atoms with Crippen LogP contribution in [0.1, 0.15) is 16.6 Å². The van der Waals surface area contributed by atoms with Gasteiger partial charge in [-0.05, 0) is 29.8 Å². The van der Waals surface area contributed by atoms with Crippen LogP contribution >= 0.6 is 11.6 Å². The molecule has 1 atom stereocenters. The van der Waals surface area contributed by atoms with E-state index in [0.29, 0.717) is 12.0 Å². The average molecular weight is 302 g/mol. The molecule has 0 aliphatic carbocycles. The van der Waals surface area contributed by atoms with E-state index in [2.05, 4.69) is 9.72 Å². The summed E-state index contributed by atoms with van der Waals surface area (Å²) >= 11 is 6.22. The summed E-state index contributed by atoms with van der Waals surface area (Å²) in [5.41, 5.74) is 1.54. The number of benzene rings is 1. The molecular formula is C14H11ClF3NO. The van der Waals surface area contributed by atoms with Crippen molar-refractivity contribution in [2.75, 3.05) is 0 Å². The topological polar surface area (TPSA) is 22.1 Å². The zero-order valence-corrected chi connectivity index (χ0v) is 11.0. The quantitative estimate of drug-likeness (QED) is 0.776. The SMILES string of the molecule is FC(F)(F)Oc1ccc(C(Cl)Cc2ccccn2)cc1. The Morgan fingerprint density at radius 1 is 1.10 bits per heavy atom. The summed E-state index contributed by atoms with van der Waals surface area (Å²) in [5, 5.41) is -0.357. The highest BCUT2D eigenvalue weighted by Crippen LogP contribution is 2.28. The van der Waals surface area contributed by atoms with Crippen molar-refractivity contribution >= 4 is 11.6 Å². The van der Waals surface area contributed by atoms with Crippen molar-refractivity contribution in [1.29, 1.82) is 0 Å². The normalized spacial score (nSPS) is 13.0. The highest BCUT2D eigenvalue weighted by atomic mass is 35.5. The summed E-state index contributed by atoms with van der Waals surface area (Å²) in [4.78, 5) is 4.15. The van der Waals surface area contributed by atoms with Crippen molar-refractivity contribution in [3.63, 3.8) is 0 Å². The molecule has 2 rings (SSSR count). The Morgan fingerprint density at radius 2 is 1.80 bits per heavy atom. The third kappa shape index (κ3) is 4.42. The molecule has 106 valence electrons. The Kier molecular flexibility index (Phi) is 4.49. The second kappa shape index (κ2) is 6.13. The van der Waals surface area contributed by atoms with Crippen molar-refractivity contribution in [2.24, 2.45) is 0 Å². The number of rotatable bonds is 4. The van der Waals surface area contributed by atoms with Crippen molar-refractivity contribution in [2.45, 2.75) is 18.2 Å². The van der Waals surface area contributed by atoms with Gasteiger partial charge < -0.3 is 4.74 Å². The number of halogens is 4. The van der Waals surface area contributed by atoms with Crippen molar-refractivity contribution < 1.29 is 17.9 Å². The van der Waals surface area contributed by atoms with Gasteiger partial charge in [0, 0.05) is 18.3 Å². The van der Waals surface area contributed by atoms with E-state index in [0.717, 1.165) is 5.69 Å². The second-order valence-corrected chi connectivity index (χ2v) is 4.64. The van der Waals surface area contributed by atoms with Crippen LogP contribution in [0.4, 0.5) is 13.2 Å². The maximum absolute atomic E-state index is 12.0. The third-order valence-corrected chi connectivity index (χ3v) is 3.00. The molecule has 2 aromatic rings. The van der Waals surface area contributed by atoms with E-state index in [1.165, 1.54) is 24.3 Å². The van der Waals surface area contributed by atoms with Crippen LogP contribution in [0.15, 0.2) is 48.7 Å². The molecule has 0 fully saturated rings. The van der Waals surface area contributed by atoms with Crippen molar-refractivity contribution in [1.82, 2.24) is 4.98 Å². The van der Waals surface area contributed by atoms with Crippen LogP contribution in [0, 0.1) is 0 Å². The second-order valence-electron chi connectivity index (χ2n) is 4.11. The molecule has 0 spiro atoms. The average Bonchev–Trinajstić information content (AvgIpc) is 2.39. The summed E-state index contributed by atoms with van der Waals surface area (Å²) in [6.45, 7) is 0. The molecule has 6 heteroatoms. The fourth-order valence-electron chi connectivity index (χ4n) is 1.70. The molecule has 0 aliphatic rings. The first kappa shape index (κ1) is 14.7. The summed E-state index contributed by atoms with van der Waals surface area (Å²) in [7, 11) is 0. The van der Waals surface area contributed by atoms with Gasteiger partial charge in [-0.25, -0.2) is 0 Å². The molecule has 0 saturated heterocycles. The summed E-state index contributed by atoms with van der Waals surface area (Å²) < 4.78 is 39.9. The minimum absolute atomic E-state index is 0.261. The Labute approximate surface area is 119 Å². The number of hydrogen-bond acceptors (Lipinski definition) is 2. The Morgan fingerprint density at radius 3 is 2.35 bits per heavy atom. The van der Waals surface area contributed by atoms with E-state index in [9.17, 15) is 13.2 Å². The van der Waals surface area contributed by atoms with Gasteiger partial charge in [0.15, 0.2) is 0 Å². The highest BCUT2D eigenvalue weighted by Gasteiger charge is 2.31. The van der Waals surface area contributed by atoms with E-state index < -0.39 is 6.36 Å². The largest absolute Gasteiger partial charge is 0.573 e. The zero-order valence-electron chi connectivity index (χ0n) is 10.3. The molecule has 20 heavy (non-hydrogen) atoms. The van der Waals surface area contributed by atoms with Gasteiger partial charge in [0.2, 0.25) is 0 Å². The maximum atomic E-state index is 12.0. The van der Waals surface area contributed by atoms with Gasteiger partial charge in [0.25, 0.3) is 0 Å². The molecule has 0 N–H and O–H groups in total. The molecule has 0 amide bonds. The van der Waals surface area contributed by atoms with Crippen LogP contribution in [0.25, 0.3) is 0 Å². The first-order valence-electron chi connectivity index (χ1n) is 5.84. The van der Waals surface area contributed by atoms with Gasteiger partial charge in [-0.2, -0.15) is 0 Å². The molecule has 0 aliphatic heterocycles. The minimum atomic E-state index is -4.68. The molecule has 1 unspecified atom stereocenters. The van der Waals surface area contributed by atoms with Crippen LogP contribution in [-0.4, -0.2) is 11.3 Å². The molecule has 1 aromatic carbocycles. The first-order chi connectivity index (χ1) is 9.44. The smallest absolute Gasteiger partial charge is 0.406 e. The van der Waals surface area contributed by atoms with Crippen LogP contribution in [0.3, 0.4) is 0 Å². The monoisotopic (exact) mass is 301 g/mol. The highest BCUT2D eigenvalue weighted by molar-refractivity contribution is 6.20. The van der Waals surface area contributed by atoms with Gasteiger partial charge in [0.05, 0.1) is 5.38 Å². The molecular weight excluding hydrogens is 291 g/mol. The summed E-state index contributed by atoms with van der Waals surface area (Å²) in [5.74, 6) is -0.261. The van der Waals surface area contributed by atoms with Crippen LogP contribution in [0.5, 0.6) is 5.75 Å². The predicted molar refractivity (Wildman–Crippen MR) is 69.7 cm³/mol. The van der Waals surface area contributed by atoms with E-state index >= 15 is 0 Å². The lowest BCUT2D eigenvalue weighted by Gasteiger charge is -2.12. The van der Waals surface area contributed by atoms with Crippen LogP contribution < -0.4 is 4.74 Å². The molecule has 0 saturated carbocycles. The van der Waals surface area contributed by atoms with Gasteiger partial charge in [-0.3, -0.25) is 4.98 Å². The van der Waals surface area contributed by atoms with E-state index in [1.807, 2.05) is 12.1 Å². The number of alkyl halides is 4. The lowest BCUT2D eigenvalue weighted by molar-refractivity contribution is -0.274. The van der Waals surface area contributed by atoms with Gasteiger partial charge >= 0.3 is 6.36 Å². The zero-order chi connectivity index (χ0) is 14.6. The van der Waals surface area contributed by atoms with E-state index in [1.54, 1.807) is 12.3 Å². The van der Waals surface area contributed by atoms with Crippen LogP contribution in [0.2, 0.25) is 0 Å².